The second kappa shape index (κ2) is 10.1. The summed E-state index contributed by atoms with van der Waals surface area (Å²) in [6.45, 7) is 0. The van der Waals surface area contributed by atoms with Crippen LogP contribution < -0.4 is 10.6 Å². The summed E-state index contributed by atoms with van der Waals surface area (Å²) in [5.41, 5.74) is -0.427. The zero-order chi connectivity index (χ0) is 24.1. The SMILES string of the molecule is O=C(Nc1cc([N+](=O)[O-])ccc1Cl)C(C(=O)Nc1cc([N+](=O)[O-])ccc1Cl)c1ccccc1. The summed E-state index contributed by atoms with van der Waals surface area (Å²) >= 11 is 12.1. The number of anilines is 2. The summed E-state index contributed by atoms with van der Waals surface area (Å²) in [4.78, 5) is 47.0. The molecule has 0 radical (unpaired) electrons. The lowest BCUT2D eigenvalue weighted by atomic mass is 9.97. The van der Waals surface area contributed by atoms with Gasteiger partial charge < -0.3 is 10.6 Å². The standard InChI is InChI=1S/C21H14Cl2N4O6/c22-15-8-6-13(26(30)31)10-17(15)24-20(28)19(12-4-2-1-3-5-12)21(29)25-18-11-14(27(32)33)7-9-16(18)23/h1-11,19H,(H,24,28)(H,25,29). The molecule has 0 saturated carbocycles. The molecule has 3 aromatic carbocycles. The first-order chi connectivity index (χ1) is 15.7. The average Bonchev–Trinajstić information content (AvgIpc) is 2.77. The number of nitro groups is 2. The Balaban J connectivity index is 1.95. The molecule has 0 spiro atoms. The Labute approximate surface area is 196 Å². The van der Waals surface area contributed by atoms with E-state index in [0.29, 0.717) is 5.56 Å². The fourth-order valence-electron chi connectivity index (χ4n) is 2.92. The van der Waals surface area contributed by atoms with Gasteiger partial charge in [-0.2, -0.15) is 0 Å². The van der Waals surface area contributed by atoms with Crippen LogP contribution in [0.25, 0.3) is 0 Å². The molecule has 0 unspecified atom stereocenters. The quantitative estimate of drug-likeness (QED) is 0.266. The second-order valence-corrected chi connectivity index (χ2v) is 7.48. The van der Waals surface area contributed by atoms with Crippen LogP contribution >= 0.6 is 23.2 Å². The Morgan fingerprint density at radius 1 is 0.727 bits per heavy atom. The van der Waals surface area contributed by atoms with Gasteiger partial charge in [-0.15, -0.1) is 0 Å². The first kappa shape index (κ1) is 23.6. The Morgan fingerprint density at radius 3 is 1.55 bits per heavy atom. The van der Waals surface area contributed by atoms with Gasteiger partial charge in [0.1, 0.15) is 5.92 Å². The summed E-state index contributed by atoms with van der Waals surface area (Å²) in [6.07, 6.45) is 0. The molecule has 2 N–H and O–H groups in total. The smallest absolute Gasteiger partial charge is 0.271 e. The average molecular weight is 489 g/mol. The number of nitro benzene ring substituents is 2. The van der Waals surface area contributed by atoms with Gasteiger partial charge in [0.25, 0.3) is 11.4 Å². The van der Waals surface area contributed by atoms with E-state index in [1.807, 2.05) is 0 Å². The Bertz CT molecular complexity index is 1180. The summed E-state index contributed by atoms with van der Waals surface area (Å²) in [6, 6.07) is 15.0. The van der Waals surface area contributed by atoms with Crippen molar-refractivity contribution in [3.8, 4) is 0 Å². The van der Waals surface area contributed by atoms with Crippen LogP contribution in [0.5, 0.6) is 0 Å². The normalized spacial score (nSPS) is 10.5. The van der Waals surface area contributed by atoms with Crippen LogP contribution in [0.4, 0.5) is 22.7 Å². The number of hydrogen-bond acceptors (Lipinski definition) is 6. The molecule has 0 saturated heterocycles. The van der Waals surface area contributed by atoms with Gasteiger partial charge in [-0.1, -0.05) is 53.5 Å². The Morgan fingerprint density at radius 2 is 1.15 bits per heavy atom. The number of nitrogens with one attached hydrogen (secondary N) is 2. The number of hydrogen-bond donors (Lipinski definition) is 2. The molecule has 0 aliphatic rings. The summed E-state index contributed by atoms with van der Waals surface area (Å²) < 4.78 is 0. The molecule has 0 fully saturated rings. The molecule has 0 aliphatic heterocycles. The summed E-state index contributed by atoms with van der Waals surface area (Å²) in [5, 5.41) is 27.0. The van der Waals surface area contributed by atoms with Crippen LogP contribution in [-0.4, -0.2) is 21.7 Å². The van der Waals surface area contributed by atoms with Gasteiger partial charge in [0.2, 0.25) is 11.8 Å². The summed E-state index contributed by atoms with van der Waals surface area (Å²) in [7, 11) is 0. The van der Waals surface area contributed by atoms with E-state index in [9.17, 15) is 29.8 Å². The van der Waals surface area contributed by atoms with Crippen molar-refractivity contribution in [2.75, 3.05) is 10.6 Å². The zero-order valence-electron chi connectivity index (χ0n) is 16.5. The number of amides is 2. The molecule has 3 aromatic rings. The highest BCUT2D eigenvalue weighted by Gasteiger charge is 2.30. The molecule has 12 heteroatoms. The molecule has 33 heavy (non-hydrogen) atoms. The highest BCUT2D eigenvalue weighted by molar-refractivity contribution is 6.35. The van der Waals surface area contributed by atoms with Gasteiger partial charge in [-0.05, 0) is 17.7 Å². The molecule has 2 amide bonds. The van der Waals surface area contributed by atoms with Crippen LogP contribution in [0.15, 0.2) is 66.7 Å². The van der Waals surface area contributed by atoms with Crippen LogP contribution in [0, 0.1) is 20.2 Å². The molecule has 168 valence electrons. The van der Waals surface area contributed by atoms with Gasteiger partial charge in [0.05, 0.1) is 31.3 Å². The van der Waals surface area contributed by atoms with Gasteiger partial charge in [-0.25, -0.2) is 0 Å². The first-order valence-electron chi connectivity index (χ1n) is 9.22. The van der Waals surface area contributed by atoms with Crippen LogP contribution in [0.3, 0.4) is 0 Å². The second-order valence-electron chi connectivity index (χ2n) is 6.66. The Kier molecular flexibility index (Phi) is 7.21. The van der Waals surface area contributed by atoms with Crippen LogP contribution in [0.1, 0.15) is 11.5 Å². The van der Waals surface area contributed by atoms with Crippen molar-refractivity contribution >= 4 is 57.8 Å². The van der Waals surface area contributed by atoms with Crippen molar-refractivity contribution < 1.29 is 19.4 Å². The topological polar surface area (TPSA) is 144 Å². The number of non-ortho nitro benzene ring substituents is 2. The minimum atomic E-state index is -1.43. The molecule has 10 nitrogen and oxygen atoms in total. The monoisotopic (exact) mass is 488 g/mol. The van der Waals surface area contributed by atoms with Crippen molar-refractivity contribution in [3.05, 3.63) is 103 Å². The first-order valence-corrected chi connectivity index (χ1v) is 9.97. The predicted molar refractivity (Wildman–Crippen MR) is 123 cm³/mol. The Hall–Kier alpha value is -4.02. The number of halogens is 2. The minimum Gasteiger partial charge on any atom is -0.324 e. The largest absolute Gasteiger partial charge is 0.324 e. The fraction of sp³-hybridized carbons (Fsp3) is 0.0476. The van der Waals surface area contributed by atoms with Crippen molar-refractivity contribution in [3.63, 3.8) is 0 Å². The maximum atomic E-state index is 13.1. The molecular weight excluding hydrogens is 475 g/mol. The molecule has 0 atom stereocenters. The third-order valence-corrected chi connectivity index (χ3v) is 5.15. The third kappa shape index (κ3) is 5.62. The number of rotatable bonds is 7. The van der Waals surface area contributed by atoms with Crippen molar-refractivity contribution in [1.29, 1.82) is 0 Å². The summed E-state index contributed by atoms with van der Waals surface area (Å²) in [5.74, 6) is -3.10. The predicted octanol–water partition coefficient (Wildman–Crippen LogP) is 5.17. The van der Waals surface area contributed by atoms with Crippen molar-refractivity contribution in [2.24, 2.45) is 0 Å². The van der Waals surface area contributed by atoms with E-state index >= 15 is 0 Å². The highest BCUT2D eigenvalue weighted by Crippen LogP contribution is 2.31. The molecule has 0 aromatic heterocycles. The van der Waals surface area contributed by atoms with E-state index in [-0.39, 0.29) is 32.8 Å². The lowest BCUT2D eigenvalue weighted by molar-refractivity contribution is -0.385. The van der Waals surface area contributed by atoms with Crippen molar-refractivity contribution in [2.45, 2.75) is 5.92 Å². The van der Waals surface area contributed by atoms with Gasteiger partial charge in [0.15, 0.2) is 0 Å². The minimum absolute atomic E-state index is 0.0305. The van der Waals surface area contributed by atoms with E-state index in [1.165, 1.54) is 36.4 Å². The van der Waals surface area contributed by atoms with E-state index < -0.39 is 27.6 Å². The van der Waals surface area contributed by atoms with Crippen LogP contribution in [-0.2, 0) is 9.59 Å². The van der Waals surface area contributed by atoms with E-state index in [2.05, 4.69) is 10.6 Å². The zero-order valence-corrected chi connectivity index (χ0v) is 18.0. The number of benzene rings is 3. The molecule has 0 heterocycles. The van der Waals surface area contributed by atoms with E-state index in [4.69, 9.17) is 23.2 Å². The lowest BCUT2D eigenvalue weighted by Crippen LogP contribution is -2.32. The highest BCUT2D eigenvalue weighted by atomic mass is 35.5. The maximum Gasteiger partial charge on any atom is 0.271 e. The van der Waals surface area contributed by atoms with Gasteiger partial charge in [-0.3, -0.25) is 29.8 Å². The molecule has 3 rings (SSSR count). The van der Waals surface area contributed by atoms with E-state index in [0.717, 1.165) is 12.1 Å². The van der Waals surface area contributed by atoms with Crippen molar-refractivity contribution in [1.82, 2.24) is 0 Å². The molecular formula is C21H14Cl2N4O6. The van der Waals surface area contributed by atoms with Gasteiger partial charge >= 0.3 is 0 Å². The van der Waals surface area contributed by atoms with Crippen LogP contribution in [0.2, 0.25) is 10.0 Å². The molecule has 0 bridgehead atoms. The fourth-order valence-corrected chi connectivity index (χ4v) is 3.25. The molecule has 0 aliphatic carbocycles. The van der Waals surface area contributed by atoms with Gasteiger partial charge in [0, 0.05) is 24.3 Å². The van der Waals surface area contributed by atoms with E-state index in [1.54, 1.807) is 18.2 Å². The maximum absolute atomic E-state index is 13.1. The number of carbonyl (C=O) groups is 2. The third-order valence-electron chi connectivity index (χ3n) is 4.49. The number of carbonyl (C=O) groups excluding carboxylic acids is 2. The lowest BCUT2D eigenvalue weighted by Gasteiger charge is -2.18. The number of nitrogens with zero attached hydrogens (tertiary/aromatic N) is 2.